The molecule has 6 nitrogen and oxygen atoms in total. The number of nitriles is 1. The predicted octanol–water partition coefficient (Wildman–Crippen LogP) is 5.14. The summed E-state index contributed by atoms with van der Waals surface area (Å²) in [5.74, 6) is -0.339. The van der Waals surface area contributed by atoms with Crippen LogP contribution in [0.3, 0.4) is 0 Å². The summed E-state index contributed by atoms with van der Waals surface area (Å²) in [4.78, 5) is 14.8. The highest BCUT2D eigenvalue weighted by atomic mass is 32.1. The summed E-state index contributed by atoms with van der Waals surface area (Å²) in [6, 6.07) is 12.9. The first-order valence-corrected chi connectivity index (χ1v) is 8.69. The second-order valence-electron chi connectivity index (χ2n) is 5.62. The Kier molecular flexibility index (Phi) is 5.24. The highest BCUT2D eigenvalue weighted by Crippen LogP contribution is 2.28. The Morgan fingerprint density at radius 3 is 2.89 bits per heavy atom. The largest absolute Gasteiger partial charge is 0.360 e. The minimum Gasteiger partial charge on any atom is -0.360 e. The third-order valence-corrected chi connectivity index (χ3v) is 4.64. The van der Waals surface area contributed by atoms with Crippen molar-refractivity contribution in [3.05, 3.63) is 80.5 Å². The fourth-order valence-electron chi connectivity index (χ4n) is 2.29. The Bertz CT molecular complexity index is 1090. The van der Waals surface area contributed by atoms with Gasteiger partial charge in [0.25, 0.3) is 5.69 Å². The Labute approximate surface area is 158 Å². The number of anilines is 1. The quantitative estimate of drug-likeness (QED) is 0.376. The first-order valence-electron chi connectivity index (χ1n) is 7.81. The number of nitrogens with one attached hydrogen (secondary N) is 1. The number of allylic oxidation sites excluding steroid dienone is 1. The number of halogens is 1. The average Bonchev–Trinajstić information content (AvgIpc) is 3.15. The van der Waals surface area contributed by atoms with Crippen LogP contribution in [0, 0.1) is 34.2 Å². The van der Waals surface area contributed by atoms with Crippen molar-refractivity contribution in [3.63, 3.8) is 0 Å². The molecule has 27 heavy (non-hydrogen) atoms. The van der Waals surface area contributed by atoms with Crippen molar-refractivity contribution in [2.24, 2.45) is 0 Å². The van der Waals surface area contributed by atoms with Crippen LogP contribution in [0.2, 0.25) is 0 Å². The summed E-state index contributed by atoms with van der Waals surface area (Å²) >= 11 is 1.25. The molecule has 134 valence electrons. The molecule has 0 aliphatic rings. The number of nitro benzene ring substituents is 1. The van der Waals surface area contributed by atoms with Crippen LogP contribution in [-0.2, 0) is 0 Å². The first-order chi connectivity index (χ1) is 13.0. The molecule has 8 heteroatoms. The molecule has 0 unspecified atom stereocenters. The molecule has 1 aromatic heterocycles. The van der Waals surface area contributed by atoms with Gasteiger partial charge in [0.2, 0.25) is 0 Å². The van der Waals surface area contributed by atoms with Gasteiger partial charge in [0.1, 0.15) is 22.5 Å². The van der Waals surface area contributed by atoms with Crippen molar-refractivity contribution >= 4 is 28.3 Å². The lowest BCUT2D eigenvalue weighted by Crippen LogP contribution is -1.93. The van der Waals surface area contributed by atoms with E-state index in [1.54, 1.807) is 36.6 Å². The highest BCUT2D eigenvalue weighted by molar-refractivity contribution is 7.11. The van der Waals surface area contributed by atoms with Crippen LogP contribution in [0.25, 0.3) is 16.8 Å². The number of hydrogen-bond acceptors (Lipinski definition) is 6. The van der Waals surface area contributed by atoms with Crippen LogP contribution >= 0.6 is 11.3 Å². The van der Waals surface area contributed by atoms with E-state index >= 15 is 0 Å². The van der Waals surface area contributed by atoms with E-state index in [1.807, 2.05) is 0 Å². The zero-order valence-corrected chi connectivity index (χ0v) is 15.0. The van der Waals surface area contributed by atoms with E-state index in [0.717, 1.165) is 0 Å². The molecule has 0 amide bonds. The van der Waals surface area contributed by atoms with Crippen LogP contribution in [-0.4, -0.2) is 9.91 Å². The van der Waals surface area contributed by atoms with Crippen molar-refractivity contribution in [3.8, 4) is 17.3 Å². The summed E-state index contributed by atoms with van der Waals surface area (Å²) < 4.78 is 13.6. The number of thiazole rings is 1. The van der Waals surface area contributed by atoms with Gasteiger partial charge in [-0.15, -0.1) is 11.3 Å². The van der Waals surface area contributed by atoms with Gasteiger partial charge in [0, 0.05) is 35.0 Å². The zero-order chi connectivity index (χ0) is 19.4. The van der Waals surface area contributed by atoms with Crippen LogP contribution in [0.4, 0.5) is 15.8 Å². The Balaban J connectivity index is 1.85. The zero-order valence-electron chi connectivity index (χ0n) is 14.1. The molecule has 0 bridgehead atoms. The van der Waals surface area contributed by atoms with E-state index in [4.69, 9.17) is 0 Å². The molecule has 0 spiro atoms. The van der Waals surface area contributed by atoms with Gasteiger partial charge in [0.15, 0.2) is 0 Å². The van der Waals surface area contributed by atoms with E-state index in [9.17, 15) is 19.8 Å². The maximum absolute atomic E-state index is 13.6. The lowest BCUT2D eigenvalue weighted by molar-refractivity contribution is -0.384. The maximum Gasteiger partial charge on any atom is 0.270 e. The number of non-ortho nitro benzene ring substituents is 1. The first kappa shape index (κ1) is 18.2. The molecule has 0 saturated carbocycles. The maximum atomic E-state index is 13.6. The van der Waals surface area contributed by atoms with Gasteiger partial charge in [0.05, 0.1) is 10.6 Å². The van der Waals surface area contributed by atoms with Crippen LogP contribution < -0.4 is 5.32 Å². The number of nitro groups is 1. The number of rotatable bonds is 5. The molecule has 3 rings (SSSR count). The fraction of sp³-hybridized carbons (Fsp3) is 0.0526. The summed E-state index contributed by atoms with van der Waals surface area (Å²) in [5, 5.41) is 25.4. The van der Waals surface area contributed by atoms with E-state index in [-0.39, 0.29) is 17.1 Å². The van der Waals surface area contributed by atoms with Gasteiger partial charge >= 0.3 is 0 Å². The topological polar surface area (TPSA) is 91.8 Å². The van der Waals surface area contributed by atoms with Crippen molar-refractivity contribution < 1.29 is 9.31 Å². The molecule has 1 heterocycles. The number of hydrogen-bond donors (Lipinski definition) is 1. The standard InChI is InChI=1S/C19H13FN4O2S/c1-12-5-6-15(8-17(12)20)22-10-14(9-21)19-23-18(11-27-19)13-3-2-4-16(7-13)24(25)26/h2-8,10-11,22H,1H3/b14-10-. The molecule has 0 aliphatic heterocycles. The Hall–Kier alpha value is -3.57. The van der Waals surface area contributed by atoms with Gasteiger partial charge in [-0.3, -0.25) is 10.1 Å². The van der Waals surface area contributed by atoms with Gasteiger partial charge < -0.3 is 5.32 Å². The van der Waals surface area contributed by atoms with Crippen molar-refractivity contribution in [2.45, 2.75) is 6.92 Å². The predicted molar refractivity (Wildman–Crippen MR) is 103 cm³/mol. The second-order valence-corrected chi connectivity index (χ2v) is 6.48. The lowest BCUT2D eigenvalue weighted by Gasteiger charge is -2.03. The van der Waals surface area contributed by atoms with E-state index in [0.29, 0.717) is 27.5 Å². The number of nitrogens with zero attached hydrogens (tertiary/aromatic N) is 3. The van der Waals surface area contributed by atoms with Crippen LogP contribution in [0.5, 0.6) is 0 Å². The van der Waals surface area contributed by atoms with E-state index in [1.165, 1.54) is 35.7 Å². The van der Waals surface area contributed by atoms with Gasteiger partial charge in [-0.2, -0.15) is 5.26 Å². The van der Waals surface area contributed by atoms with Gasteiger partial charge in [-0.25, -0.2) is 9.37 Å². The number of benzene rings is 2. The van der Waals surface area contributed by atoms with Gasteiger partial charge in [-0.1, -0.05) is 18.2 Å². The Morgan fingerprint density at radius 1 is 1.37 bits per heavy atom. The molecular formula is C19H13FN4O2S. The van der Waals surface area contributed by atoms with Crippen LogP contribution in [0.15, 0.2) is 54.0 Å². The molecule has 0 saturated heterocycles. The molecule has 0 fully saturated rings. The second kappa shape index (κ2) is 7.76. The average molecular weight is 380 g/mol. The van der Waals surface area contributed by atoms with Crippen molar-refractivity contribution in [2.75, 3.05) is 5.32 Å². The number of aromatic nitrogens is 1. The van der Waals surface area contributed by atoms with E-state index in [2.05, 4.69) is 16.4 Å². The molecule has 1 N–H and O–H groups in total. The minimum atomic E-state index is -0.470. The molecule has 0 aliphatic carbocycles. The minimum absolute atomic E-state index is 0.0267. The fourth-order valence-corrected chi connectivity index (χ4v) is 3.08. The highest BCUT2D eigenvalue weighted by Gasteiger charge is 2.12. The van der Waals surface area contributed by atoms with Crippen LogP contribution in [0.1, 0.15) is 10.6 Å². The summed E-state index contributed by atoms with van der Waals surface area (Å²) in [6.07, 6.45) is 1.46. The molecular weight excluding hydrogens is 367 g/mol. The number of aryl methyl sites for hydroxylation is 1. The Morgan fingerprint density at radius 2 is 2.19 bits per heavy atom. The molecule has 0 radical (unpaired) electrons. The van der Waals surface area contributed by atoms with E-state index < -0.39 is 4.92 Å². The van der Waals surface area contributed by atoms with Crippen molar-refractivity contribution in [1.82, 2.24) is 4.98 Å². The summed E-state index contributed by atoms with van der Waals surface area (Å²) in [6.45, 7) is 1.67. The third kappa shape index (κ3) is 4.16. The monoisotopic (exact) mass is 380 g/mol. The molecule has 2 aromatic carbocycles. The smallest absolute Gasteiger partial charge is 0.270 e. The normalized spacial score (nSPS) is 11.1. The SMILES string of the molecule is Cc1ccc(N/C=C(/C#N)c2nc(-c3cccc([N+](=O)[O-])c3)cs2)cc1F. The lowest BCUT2D eigenvalue weighted by atomic mass is 10.1. The third-order valence-electron chi connectivity index (χ3n) is 3.76. The van der Waals surface area contributed by atoms with Crippen molar-refractivity contribution in [1.29, 1.82) is 5.26 Å². The van der Waals surface area contributed by atoms with Gasteiger partial charge in [-0.05, 0) is 24.6 Å². The molecule has 0 atom stereocenters. The summed E-state index contributed by atoms with van der Waals surface area (Å²) in [7, 11) is 0. The summed E-state index contributed by atoms with van der Waals surface area (Å²) in [5.41, 5.74) is 2.44. The molecule has 3 aromatic rings.